The molecule has 0 aromatic carbocycles. The topological polar surface area (TPSA) is 241 Å². The SMILES string of the molecule is O=[P+]([O-])CC[P+](=O)[O-].O=[P+]([O-])CC[P+](=O)[O-].O=[P+]([O-])CC[P+](=O)[O-].[Al+3].[Al+3]. The summed E-state index contributed by atoms with van der Waals surface area (Å²) in [5, 5.41) is 0. The Kier molecular flexibility index (Phi) is 38.7. The van der Waals surface area contributed by atoms with E-state index in [4.69, 9.17) is 0 Å². The molecule has 0 fully saturated rings. The quantitative estimate of drug-likeness (QED) is 0.218. The predicted octanol–water partition coefficient (Wildman–Crippen LogP) is -3.19. The van der Waals surface area contributed by atoms with Gasteiger partial charge in [0.15, 0.2) is 37.0 Å². The Bertz CT molecular complexity index is 367. The summed E-state index contributed by atoms with van der Waals surface area (Å²) in [6.45, 7) is 0. The molecule has 20 heteroatoms. The van der Waals surface area contributed by atoms with E-state index in [1.807, 2.05) is 0 Å². The Labute approximate surface area is 176 Å². The molecule has 0 spiro atoms. The molecule has 0 rings (SSSR count). The van der Waals surface area contributed by atoms with Gasteiger partial charge in [-0.1, -0.05) is 27.4 Å². The fraction of sp³-hybridized carbons (Fsp3) is 1.00. The Morgan fingerprint density at radius 1 is 0.346 bits per heavy atom. The average molecular weight is 516 g/mol. The van der Waals surface area contributed by atoms with Crippen molar-refractivity contribution in [3.8, 4) is 0 Å². The zero-order chi connectivity index (χ0) is 19.7. The van der Waals surface area contributed by atoms with Crippen LogP contribution in [0, 0.1) is 0 Å². The first-order chi connectivity index (χ1) is 10.9. The van der Waals surface area contributed by atoms with Crippen LogP contribution in [0.5, 0.6) is 0 Å². The molecule has 0 aliphatic rings. The van der Waals surface area contributed by atoms with Crippen LogP contribution < -0.4 is 29.4 Å². The maximum Gasteiger partial charge on any atom is 3.00 e. The van der Waals surface area contributed by atoms with Crippen molar-refractivity contribution in [2.24, 2.45) is 0 Å². The minimum absolute atomic E-state index is 0. The zero-order valence-corrected chi connectivity index (χ0v) is 20.7. The van der Waals surface area contributed by atoms with E-state index in [9.17, 15) is 56.8 Å². The van der Waals surface area contributed by atoms with Gasteiger partial charge in [-0.05, 0) is 0 Å². The Morgan fingerprint density at radius 3 is 0.462 bits per heavy atom. The molecule has 0 bridgehead atoms. The van der Waals surface area contributed by atoms with Crippen LogP contribution in [0.15, 0.2) is 0 Å². The van der Waals surface area contributed by atoms with Crippen molar-refractivity contribution in [3.63, 3.8) is 0 Å². The normalized spacial score (nSPS) is 12.2. The molecule has 0 aromatic heterocycles. The molecule has 12 nitrogen and oxygen atoms in total. The van der Waals surface area contributed by atoms with Gasteiger partial charge in [-0.3, -0.25) is 0 Å². The first-order valence-corrected chi connectivity index (χ1v) is 13.8. The summed E-state index contributed by atoms with van der Waals surface area (Å²) < 4.78 is 58.0. The van der Waals surface area contributed by atoms with Gasteiger partial charge in [0.2, 0.25) is 0 Å². The second kappa shape index (κ2) is 26.4. The van der Waals surface area contributed by atoms with E-state index in [1.165, 1.54) is 0 Å². The Balaban J connectivity index is -0.0000000817. The molecular weight excluding hydrogens is 504 g/mol. The molecule has 0 amide bonds. The van der Waals surface area contributed by atoms with Gasteiger partial charge in [-0.25, -0.2) is 0 Å². The first-order valence-electron chi connectivity index (χ1n) is 5.59. The van der Waals surface area contributed by atoms with Crippen molar-refractivity contribution in [2.75, 3.05) is 37.0 Å². The number of rotatable bonds is 9. The monoisotopic (exact) mass is 516 g/mol. The van der Waals surface area contributed by atoms with Gasteiger partial charge in [-0.2, -0.15) is 0 Å². The van der Waals surface area contributed by atoms with Gasteiger partial charge in [0.05, 0.1) is 0 Å². The van der Waals surface area contributed by atoms with Crippen LogP contribution >= 0.6 is 48.2 Å². The summed E-state index contributed by atoms with van der Waals surface area (Å²) in [7, 11) is -15.1. The molecule has 6 unspecified atom stereocenters. The van der Waals surface area contributed by atoms with Crippen LogP contribution in [0.4, 0.5) is 0 Å². The van der Waals surface area contributed by atoms with Gasteiger partial charge in [-0.15, -0.1) is 0 Å². The van der Waals surface area contributed by atoms with E-state index in [2.05, 4.69) is 0 Å². The average Bonchev–Trinajstić information content (AvgIpc) is 2.42. The number of hydrogen-bond acceptors (Lipinski definition) is 12. The fourth-order valence-electron chi connectivity index (χ4n) is 0.490. The van der Waals surface area contributed by atoms with Crippen molar-refractivity contribution in [2.45, 2.75) is 0 Å². The zero-order valence-electron chi connectivity index (χ0n) is 13.0. The minimum atomic E-state index is -2.52. The van der Waals surface area contributed by atoms with Crippen molar-refractivity contribution in [1.82, 2.24) is 0 Å². The van der Waals surface area contributed by atoms with Crippen LogP contribution in [-0.2, 0) is 27.4 Å². The van der Waals surface area contributed by atoms with E-state index >= 15 is 0 Å². The van der Waals surface area contributed by atoms with Gasteiger partial charge in [0.25, 0.3) is 0 Å². The third-order valence-electron chi connectivity index (χ3n) is 1.40. The third-order valence-corrected chi connectivity index (χ3v) is 5.99. The summed E-state index contributed by atoms with van der Waals surface area (Å²) in [5.41, 5.74) is 0. The molecule has 0 saturated heterocycles. The summed E-state index contributed by atoms with van der Waals surface area (Å²) in [5.74, 6) is 0. The molecule has 6 atom stereocenters. The van der Waals surface area contributed by atoms with E-state index in [-0.39, 0.29) is 71.7 Å². The third kappa shape index (κ3) is 56.2. The Morgan fingerprint density at radius 2 is 0.423 bits per heavy atom. The van der Waals surface area contributed by atoms with Crippen molar-refractivity contribution < 1.29 is 56.8 Å². The van der Waals surface area contributed by atoms with Crippen LogP contribution in [0.3, 0.4) is 0 Å². The van der Waals surface area contributed by atoms with Crippen LogP contribution in [0.25, 0.3) is 0 Å². The molecule has 0 saturated carbocycles. The van der Waals surface area contributed by atoms with Crippen LogP contribution in [-0.4, -0.2) is 71.7 Å². The van der Waals surface area contributed by atoms with Gasteiger partial charge >= 0.3 is 82.9 Å². The maximum atomic E-state index is 9.67. The van der Waals surface area contributed by atoms with E-state index in [1.54, 1.807) is 0 Å². The summed E-state index contributed by atoms with van der Waals surface area (Å²) >= 11 is 0. The smallest absolute Gasteiger partial charge is 0.595 e. The molecule has 0 heterocycles. The van der Waals surface area contributed by atoms with E-state index in [0.717, 1.165) is 0 Å². The molecule has 0 N–H and O–H groups in total. The summed E-state index contributed by atoms with van der Waals surface area (Å²) in [6.07, 6.45) is -1.54. The van der Waals surface area contributed by atoms with E-state index in [0.29, 0.717) is 0 Å². The molecule has 0 aliphatic heterocycles. The van der Waals surface area contributed by atoms with Gasteiger partial charge in [0, 0.05) is 0 Å². The van der Waals surface area contributed by atoms with Crippen LogP contribution in [0.1, 0.15) is 0 Å². The summed E-state index contributed by atoms with van der Waals surface area (Å²) in [4.78, 5) is 58.0. The maximum absolute atomic E-state index is 9.67. The molecule has 0 aromatic rings. The van der Waals surface area contributed by atoms with E-state index < -0.39 is 48.2 Å². The van der Waals surface area contributed by atoms with Crippen molar-refractivity contribution in [1.29, 1.82) is 0 Å². The number of hydrogen-bond donors (Lipinski definition) is 0. The van der Waals surface area contributed by atoms with Gasteiger partial charge < -0.3 is 29.4 Å². The van der Waals surface area contributed by atoms with Crippen LogP contribution in [0.2, 0.25) is 0 Å². The largest absolute Gasteiger partial charge is 3.00 e. The second-order valence-electron chi connectivity index (χ2n) is 3.34. The minimum Gasteiger partial charge on any atom is -0.595 e. The van der Waals surface area contributed by atoms with Crippen molar-refractivity contribution >= 4 is 82.9 Å². The second-order valence-corrected chi connectivity index (χ2v) is 10.0. The summed E-state index contributed by atoms with van der Waals surface area (Å²) in [6, 6.07) is 0. The molecule has 0 radical (unpaired) electrons. The predicted molar refractivity (Wildman–Crippen MR) is 86.3 cm³/mol. The standard InChI is InChI=1S/3C2H4O4P2.2Al/c3*3-7(4)1-2-8(5)6;;/h3*1-2H2;;/q;;;2*+3. The van der Waals surface area contributed by atoms with Crippen molar-refractivity contribution in [3.05, 3.63) is 0 Å². The fourth-order valence-corrected chi connectivity index (χ4v) is 4.41. The first kappa shape index (κ1) is 38.1. The molecular formula is C6H12Al2O12P6+6. The molecule has 138 valence electrons. The van der Waals surface area contributed by atoms with Gasteiger partial charge in [0.1, 0.15) is 0 Å². The Hall–Kier alpha value is 1.42. The molecule has 26 heavy (non-hydrogen) atoms. The molecule has 0 aliphatic carbocycles.